The van der Waals surface area contributed by atoms with E-state index in [9.17, 15) is 4.39 Å². The highest BCUT2D eigenvalue weighted by molar-refractivity contribution is 9.10. The Morgan fingerprint density at radius 2 is 1.79 bits per heavy atom. The van der Waals surface area contributed by atoms with Crippen LogP contribution in [0.15, 0.2) is 77.4 Å². The van der Waals surface area contributed by atoms with Gasteiger partial charge in [0.1, 0.15) is 5.82 Å². The van der Waals surface area contributed by atoms with Crippen LogP contribution in [0.5, 0.6) is 0 Å². The molecule has 0 unspecified atom stereocenters. The van der Waals surface area contributed by atoms with E-state index in [1.165, 1.54) is 6.07 Å². The molecular formula is C27H24BrFN4S. The zero-order chi connectivity index (χ0) is 24.0. The van der Waals surface area contributed by atoms with Crippen LogP contribution in [0, 0.1) is 26.6 Å². The minimum Gasteiger partial charge on any atom is -0.351 e. The molecule has 1 aliphatic rings. The Morgan fingerprint density at radius 1 is 0.971 bits per heavy atom. The van der Waals surface area contributed by atoms with Gasteiger partial charge in [-0.25, -0.2) is 4.39 Å². The first kappa shape index (κ1) is 22.7. The van der Waals surface area contributed by atoms with Gasteiger partial charge in [-0.1, -0.05) is 28.1 Å². The van der Waals surface area contributed by atoms with Gasteiger partial charge in [0.2, 0.25) is 0 Å². The van der Waals surface area contributed by atoms with Crippen molar-refractivity contribution in [2.24, 2.45) is 0 Å². The van der Waals surface area contributed by atoms with Crippen molar-refractivity contribution < 1.29 is 4.39 Å². The van der Waals surface area contributed by atoms with Crippen LogP contribution in [-0.4, -0.2) is 14.7 Å². The average Bonchev–Trinajstić information content (AvgIpc) is 3.31. The Bertz CT molecular complexity index is 1380. The maximum Gasteiger partial charge on any atom is 0.174 e. The molecule has 2 aromatic carbocycles. The lowest BCUT2D eigenvalue weighted by Crippen LogP contribution is -2.29. The molecule has 4 nitrogen and oxygen atoms in total. The number of nitrogens with one attached hydrogen (secondary N) is 1. The second-order valence-electron chi connectivity index (χ2n) is 8.57. The summed E-state index contributed by atoms with van der Waals surface area (Å²) < 4.78 is 17.4. The maximum atomic E-state index is 14.1. The second kappa shape index (κ2) is 8.96. The third kappa shape index (κ3) is 3.93. The number of halogens is 2. The SMILES string of the molecule is Cc1cc(N2C(=S)N[C@@H](c3ccccn3)[C@H]2c2cc(C)n(-c3cccc(Br)c3)c2C)ccc1F. The molecule has 1 N–H and O–H groups in total. The van der Waals surface area contributed by atoms with Gasteiger partial charge in [-0.2, -0.15) is 0 Å². The molecule has 172 valence electrons. The first-order chi connectivity index (χ1) is 16.3. The smallest absolute Gasteiger partial charge is 0.174 e. The molecule has 0 bridgehead atoms. The molecule has 0 saturated carbocycles. The van der Waals surface area contributed by atoms with E-state index in [0.717, 1.165) is 38.5 Å². The van der Waals surface area contributed by atoms with Crippen molar-refractivity contribution in [1.82, 2.24) is 14.9 Å². The number of hydrogen-bond donors (Lipinski definition) is 1. The normalized spacial score (nSPS) is 17.8. The number of hydrogen-bond acceptors (Lipinski definition) is 2. The predicted molar refractivity (Wildman–Crippen MR) is 142 cm³/mol. The minimum absolute atomic E-state index is 0.153. The molecule has 1 aliphatic heterocycles. The standard InChI is InChI=1S/C27H24BrFN4S/c1-16-13-21(10-11-23(16)29)33-26(25(31-27(33)34)24-9-4-5-12-30-24)22-14-17(2)32(18(22)3)20-8-6-7-19(28)15-20/h4-15,25-26H,1-3H3,(H,31,34)/t25-,26+/m0/s1. The van der Waals surface area contributed by atoms with Crippen molar-refractivity contribution >= 4 is 38.9 Å². The summed E-state index contributed by atoms with van der Waals surface area (Å²) in [6.45, 7) is 6.02. The van der Waals surface area contributed by atoms with Crippen molar-refractivity contribution in [2.45, 2.75) is 32.9 Å². The molecule has 1 saturated heterocycles. The molecule has 34 heavy (non-hydrogen) atoms. The van der Waals surface area contributed by atoms with Crippen molar-refractivity contribution in [3.63, 3.8) is 0 Å². The van der Waals surface area contributed by atoms with Crippen molar-refractivity contribution in [3.05, 3.63) is 111 Å². The van der Waals surface area contributed by atoms with E-state index in [2.05, 4.69) is 67.7 Å². The van der Waals surface area contributed by atoms with Gasteiger partial charge < -0.3 is 14.8 Å². The lowest BCUT2D eigenvalue weighted by atomic mass is 9.96. The van der Waals surface area contributed by atoms with Crippen LogP contribution in [0.2, 0.25) is 0 Å². The van der Waals surface area contributed by atoms with Crippen LogP contribution >= 0.6 is 28.1 Å². The van der Waals surface area contributed by atoms with E-state index in [1.54, 1.807) is 19.2 Å². The monoisotopic (exact) mass is 534 g/mol. The molecule has 5 rings (SSSR count). The van der Waals surface area contributed by atoms with Crippen LogP contribution in [0.3, 0.4) is 0 Å². The Balaban J connectivity index is 1.69. The van der Waals surface area contributed by atoms with Gasteiger partial charge in [0, 0.05) is 33.4 Å². The van der Waals surface area contributed by atoms with Crippen LogP contribution in [-0.2, 0) is 0 Å². The zero-order valence-corrected chi connectivity index (χ0v) is 21.5. The zero-order valence-electron chi connectivity index (χ0n) is 19.1. The summed E-state index contributed by atoms with van der Waals surface area (Å²) in [4.78, 5) is 6.73. The van der Waals surface area contributed by atoms with Gasteiger partial charge in [-0.3, -0.25) is 4.98 Å². The Labute approximate surface area is 212 Å². The van der Waals surface area contributed by atoms with E-state index in [-0.39, 0.29) is 17.9 Å². The number of aryl methyl sites for hydroxylation is 2. The van der Waals surface area contributed by atoms with Crippen LogP contribution in [0.25, 0.3) is 5.69 Å². The topological polar surface area (TPSA) is 33.1 Å². The lowest BCUT2D eigenvalue weighted by Gasteiger charge is -2.28. The molecule has 0 aliphatic carbocycles. The molecule has 0 radical (unpaired) electrons. The van der Waals surface area contributed by atoms with Gasteiger partial charge in [-0.15, -0.1) is 0 Å². The second-order valence-corrected chi connectivity index (χ2v) is 9.87. The summed E-state index contributed by atoms with van der Waals surface area (Å²) in [6.07, 6.45) is 1.80. The molecule has 0 amide bonds. The molecule has 7 heteroatoms. The summed E-state index contributed by atoms with van der Waals surface area (Å²) in [5.41, 5.74) is 6.82. The van der Waals surface area contributed by atoms with Gasteiger partial charge in [0.15, 0.2) is 5.11 Å². The lowest BCUT2D eigenvalue weighted by molar-refractivity contribution is 0.564. The van der Waals surface area contributed by atoms with E-state index >= 15 is 0 Å². The average molecular weight is 535 g/mol. The van der Waals surface area contributed by atoms with Crippen molar-refractivity contribution in [2.75, 3.05) is 4.90 Å². The quantitative estimate of drug-likeness (QED) is 0.289. The predicted octanol–water partition coefficient (Wildman–Crippen LogP) is 6.88. The van der Waals surface area contributed by atoms with Crippen LogP contribution in [0.4, 0.5) is 10.1 Å². The number of benzene rings is 2. The van der Waals surface area contributed by atoms with Gasteiger partial charge >= 0.3 is 0 Å². The molecule has 0 spiro atoms. The number of anilines is 1. The summed E-state index contributed by atoms with van der Waals surface area (Å²) in [5, 5.41) is 4.09. The van der Waals surface area contributed by atoms with Crippen LogP contribution < -0.4 is 10.2 Å². The van der Waals surface area contributed by atoms with E-state index in [4.69, 9.17) is 12.2 Å². The third-order valence-electron chi connectivity index (χ3n) is 6.37. The van der Waals surface area contributed by atoms with E-state index in [1.807, 2.05) is 36.4 Å². The van der Waals surface area contributed by atoms with Gasteiger partial charge in [0.05, 0.1) is 17.8 Å². The Kier molecular flexibility index (Phi) is 6.00. The van der Waals surface area contributed by atoms with Crippen molar-refractivity contribution in [3.8, 4) is 5.69 Å². The summed E-state index contributed by atoms with van der Waals surface area (Å²) in [6, 6.07) is 21.2. The number of pyridine rings is 1. The third-order valence-corrected chi connectivity index (χ3v) is 7.18. The maximum absolute atomic E-state index is 14.1. The highest BCUT2D eigenvalue weighted by atomic mass is 79.9. The fraction of sp³-hybridized carbons (Fsp3) is 0.185. The molecular weight excluding hydrogens is 511 g/mol. The fourth-order valence-electron chi connectivity index (χ4n) is 4.83. The number of thiocarbonyl (C=S) groups is 1. The van der Waals surface area contributed by atoms with Crippen molar-refractivity contribution in [1.29, 1.82) is 0 Å². The fourth-order valence-corrected chi connectivity index (χ4v) is 5.56. The Morgan fingerprint density at radius 3 is 2.50 bits per heavy atom. The highest BCUT2D eigenvalue weighted by Crippen LogP contribution is 2.44. The molecule has 2 aromatic heterocycles. The van der Waals surface area contributed by atoms with Gasteiger partial charge in [0.25, 0.3) is 0 Å². The van der Waals surface area contributed by atoms with Crippen LogP contribution in [0.1, 0.15) is 40.3 Å². The number of nitrogens with zero attached hydrogens (tertiary/aromatic N) is 3. The summed E-state index contributed by atoms with van der Waals surface area (Å²) in [5.74, 6) is -0.229. The molecule has 2 atom stereocenters. The Hall–Kier alpha value is -3.03. The van der Waals surface area contributed by atoms with E-state index in [0.29, 0.717) is 10.7 Å². The summed E-state index contributed by atoms with van der Waals surface area (Å²) >= 11 is 9.42. The number of rotatable bonds is 4. The first-order valence-corrected chi connectivity index (χ1v) is 12.3. The number of aromatic nitrogens is 2. The first-order valence-electron chi connectivity index (χ1n) is 11.1. The van der Waals surface area contributed by atoms with Gasteiger partial charge in [-0.05, 0) is 98.7 Å². The largest absolute Gasteiger partial charge is 0.351 e. The highest BCUT2D eigenvalue weighted by Gasteiger charge is 2.42. The molecule has 3 heterocycles. The molecule has 4 aromatic rings. The summed E-state index contributed by atoms with van der Waals surface area (Å²) in [7, 11) is 0. The molecule has 1 fully saturated rings. The van der Waals surface area contributed by atoms with E-state index < -0.39 is 0 Å². The minimum atomic E-state index is -0.229.